The van der Waals surface area contributed by atoms with Gasteiger partial charge in [0.15, 0.2) is 0 Å². The van der Waals surface area contributed by atoms with Crippen LogP contribution < -0.4 is 11.1 Å². The highest BCUT2D eigenvalue weighted by atomic mass is 35.5. The first-order chi connectivity index (χ1) is 7.47. The number of halogens is 1. The molecule has 0 spiro atoms. The zero-order valence-corrected chi connectivity index (χ0v) is 12.5. The molecule has 104 valence electrons. The van der Waals surface area contributed by atoms with Gasteiger partial charge in [0.05, 0.1) is 0 Å². The number of amides is 1. The van der Waals surface area contributed by atoms with Crippen LogP contribution in [-0.4, -0.2) is 18.0 Å². The van der Waals surface area contributed by atoms with Crippen LogP contribution in [0.5, 0.6) is 0 Å². The van der Waals surface area contributed by atoms with E-state index >= 15 is 0 Å². The van der Waals surface area contributed by atoms with Gasteiger partial charge in [-0.25, -0.2) is 0 Å². The molecular weight excluding hydrogens is 236 g/mol. The molecule has 0 aliphatic carbocycles. The first-order valence-corrected chi connectivity index (χ1v) is 6.53. The molecule has 3 nitrogen and oxygen atoms in total. The summed E-state index contributed by atoms with van der Waals surface area (Å²) in [5.41, 5.74) is 5.89. The summed E-state index contributed by atoms with van der Waals surface area (Å²) < 4.78 is 0. The fourth-order valence-electron chi connectivity index (χ4n) is 1.76. The van der Waals surface area contributed by atoms with E-state index < -0.39 is 0 Å². The Morgan fingerprint density at radius 1 is 1.29 bits per heavy atom. The fourth-order valence-corrected chi connectivity index (χ4v) is 1.76. The van der Waals surface area contributed by atoms with Crippen molar-refractivity contribution in [3.8, 4) is 0 Å². The maximum atomic E-state index is 11.6. The van der Waals surface area contributed by atoms with Gasteiger partial charge in [0.1, 0.15) is 0 Å². The number of nitrogens with two attached hydrogens (primary N) is 1. The Bertz CT molecular complexity index is 206. The average Bonchev–Trinajstić information content (AvgIpc) is 2.26. The van der Waals surface area contributed by atoms with Gasteiger partial charge >= 0.3 is 0 Å². The molecule has 0 aromatic carbocycles. The summed E-state index contributed by atoms with van der Waals surface area (Å²) >= 11 is 0. The van der Waals surface area contributed by atoms with Crippen LogP contribution in [0, 0.1) is 5.92 Å². The average molecular weight is 265 g/mol. The van der Waals surface area contributed by atoms with E-state index in [1.165, 1.54) is 0 Å². The van der Waals surface area contributed by atoms with Crippen LogP contribution in [0.25, 0.3) is 0 Å². The second-order valence-electron chi connectivity index (χ2n) is 4.94. The quantitative estimate of drug-likeness (QED) is 0.708. The third-order valence-corrected chi connectivity index (χ3v) is 3.36. The second kappa shape index (κ2) is 9.72. The largest absolute Gasteiger partial charge is 0.354 e. The van der Waals surface area contributed by atoms with E-state index in [1.807, 2.05) is 0 Å². The van der Waals surface area contributed by atoms with E-state index in [9.17, 15) is 4.79 Å². The van der Waals surface area contributed by atoms with E-state index in [-0.39, 0.29) is 23.9 Å². The molecule has 3 N–H and O–H groups in total. The van der Waals surface area contributed by atoms with Gasteiger partial charge in [-0.1, -0.05) is 40.5 Å². The van der Waals surface area contributed by atoms with Crippen molar-refractivity contribution >= 4 is 18.3 Å². The molecule has 0 bridgehead atoms. The van der Waals surface area contributed by atoms with Crippen LogP contribution in [0.4, 0.5) is 0 Å². The van der Waals surface area contributed by atoms with Crippen molar-refractivity contribution in [3.05, 3.63) is 0 Å². The molecule has 17 heavy (non-hydrogen) atoms. The lowest BCUT2D eigenvalue weighted by Crippen LogP contribution is -2.49. The van der Waals surface area contributed by atoms with Crippen LogP contribution in [-0.2, 0) is 4.79 Å². The molecule has 0 radical (unpaired) electrons. The molecule has 1 unspecified atom stereocenters. The molecule has 0 saturated heterocycles. The summed E-state index contributed by atoms with van der Waals surface area (Å²) in [6, 6.07) is 0. The number of hydrogen-bond donors (Lipinski definition) is 2. The molecule has 4 heteroatoms. The van der Waals surface area contributed by atoms with Gasteiger partial charge < -0.3 is 11.1 Å². The molecule has 1 atom stereocenters. The van der Waals surface area contributed by atoms with Gasteiger partial charge in [0.25, 0.3) is 0 Å². The second-order valence-corrected chi connectivity index (χ2v) is 4.94. The lowest BCUT2D eigenvalue weighted by atomic mass is 9.94. The van der Waals surface area contributed by atoms with Crippen molar-refractivity contribution in [2.24, 2.45) is 11.7 Å². The highest BCUT2D eigenvalue weighted by Gasteiger charge is 2.21. The lowest BCUT2D eigenvalue weighted by Gasteiger charge is -2.27. The van der Waals surface area contributed by atoms with Crippen molar-refractivity contribution in [1.82, 2.24) is 5.32 Å². The number of nitrogens with one attached hydrogen (secondary N) is 1. The van der Waals surface area contributed by atoms with Crippen molar-refractivity contribution in [1.29, 1.82) is 0 Å². The van der Waals surface area contributed by atoms with E-state index in [0.717, 1.165) is 25.7 Å². The van der Waals surface area contributed by atoms with Crippen LogP contribution in [0.1, 0.15) is 59.8 Å². The van der Waals surface area contributed by atoms with E-state index in [0.29, 0.717) is 18.9 Å². The number of rotatable bonds is 8. The van der Waals surface area contributed by atoms with Gasteiger partial charge in [0, 0.05) is 18.5 Å². The number of carbonyl (C=O) groups is 1. The van der Waals surface area contributed by atoms with Gasteiger partial charge in [-0.05, 0) is 18.8 Å². The number of hydrogen-bond acceptors (Lipinski definition) is 2. The Morgan fingerprint density at radius 3 is 2.24 bits per heavy atom. The topological polar surface area (TPSA) is 55.1 Å². The van der Waals surface area contributed by atoms with Crippen molar-refractivity contribution in [2.45, 2.75) is 65.3 Å². The minimum Gasteiger partial charge on any atom is -0.354 e. The molecule has 1 amide bonds. The minimum absolute atomic E-state index is 0. The van der Waals surface area contributed by atoms with Crippen LogP contribution in [0.15, 0.2) is 0 Å². The minimum atomic E-state index is -0.232. The van der Waals surface area contributed by atoms with Crippen LogP contribution in [0.3, 0.4) is 0 Å². The predicted octanol–water partition coefficient (Wildman–Crippen LogP) is 2.87. The smallest absolute Gasteiger partial charge is 0.220 e. The van der Waals surface area contributed by atoms with E-state index in [2.05, 4.69) is 33.0 Å². The number of carbonyl (C=O) groups excluding carboxylic acids is 1. The normalized spacial score (nSPS) is 12.8. The van der Waals surface area contributed by atoms with Gasteiger partial charge in [-0.15, -0.1) is 12.4 Å². The summed E-state index contributed by atoms with van der Waals surface area (Å²) in [4.78, 5) is 11.6. The Labute approximate surface area is 112 Å². The maximum Gasteiger partial charge on any atom is 0.220 e. The molecule has 0 saturated carbocycles. The molecule has 0 heterocycles. The molecule has 0 rings (SSSR count). The van der Waals surface area contributed by atoms with Gasteiger partial charge in [-0.3, -0.25) is 4.79 Å². The zero-order chi connectivity index (χ0) is 12.6. The summed E-state index contributed by atoms with van der Waals surface area (Å²) in [7, 11) is 0. The molecule has 0 aromatic rings. The summed E-state index contributed by atoms with van der Waals surface area (Å²) in [5, 5.41) is 2.95. The Balaban J connectivity index is 0. The Hall–Kier alpha value is -0.280. The van der Waals surface area contributed by atoms with Crippen molar-refractivity contribution in [2.75, 3.05) is 6.54 Å². The predicted molar refractivity (Wildman–Crippen MR) is 76.4 cm³/mol. The SMILES string of the molecule is CCCC(C)CC(=O)NCC(N)(CC)CC.Cl. The van der Waals surface area contributed by atoms with E-state index in [4.69, 9.17) is 5.73 Å². The first kappa shape index (κ1) is 19.1. The molecule has 0 aromatic heterocycles. The van der Waals surface area contributed by atoms with Crippen molar-refractivity contribution in [3.63, 3.8) is 0 Å². The van der Waals surface area contributed by atoms with Gasteiger partial charge in [-0.2, -0.15) is 0 Å². The highest BCUT2D eigenvalue weighted by Crippen LogP contribution is 2.11. The Kier molecular flexibility index (Phi) is 10.9. The third-order valence-electron chi connectivity index (χ3n) is 3.36. The fraction of sp³-hybridized carbons (Fsp3) is 0.923. The monoisotopic (exact) mass is 264 g/mol. The Morgan fingerprint density at radius 2 is 1.82 bits per heavy atom. The molecule has 0 aliphatic heterocycles. The highest BCUT2D eigenvalue weighted by molar-refractivity contribution is 5.85. The lowest BCUT2D eigenvalue weighted by molar-refractivity contribution is -0.122. The van der Waals surface area contributed by atoms with Crippen LogP contribution >= 0.6 is 12.4 Å². The molecular formula is C13H29ClN2O. The van der Waals surface area contributed by atoms with E-state index in [1.54, 1.807) is 0 Å². The first-order valence-electron chi connectivity index (χ1n) is 6.53. The molecule has 0 aliphatic rings. The summed E-state index contributed by atoms with van der Waals surface area (Å²) in [6.45, 7) is 8.99. The van der Waals surface area contributed by atoms with Crippen molar-refractivity contribution < 1.29 is 4.79 Å². The molecule has 0 fully saturated rings. The summed E-state index contributed by atoms with van der Waals surface area (Å²) in [5.74, 6) is 0.609. The summed E-state index contributed by atoms with van der Waals surface area (Å²) in [6.07, 6.45) is 4.67. The standard InChI is InChI=1S/C13H28N2O.ClH/c1-5-8-11(4)9-12(16)15-10-13(14,6-2)7-3;/h11H,5-10,14H2,1-4H3,(H,15,16);1H. The maximum absolute atomic E-state index is 11.6. The van der Waals surface area contributed by atoms with Crippen LogP contribution in [0.2, 0.25) is 0 Å². The van der Waals surface area contributed by atoms with Gasteiger partial charge in [0.2, 0.25) is 5.91 Å². The third kappa shape index (κ3) is 8.44. The zero-order valence-electron chi connectivity index (χ0n) is 11.7.